The second kappa shape index (κ2) is 6.48. The van der Waals surface area contributed by atoms with Crippen LogP contribution in [0.3, 0.4) is 0 Å². The zero-order valence-corrected chi connectivity index (χ0v) is 13.8. The van der Waals surface area contributed by atoms with Crippen LogP contribution in [0, 0.1) is 11.3 Å². The van der Waals surface area contributed by atoms with E-state index in [2.05, 4.69) is 4.98 Å². The molecule has 1 atom stereocenters. The fraction of sp³-hybridized carbons (Fsp3) is 0.333. The summed E-state index contributed by atoms with van der Waals surface area (Å²) < 4.78 is 40.1. The highest BCUT2D eigenvalue weighted by molar-refractivity contribution is 7.99. The van der Waals surface area contributed by atoms with E-state index in [0.717, 1.165) is 24.5 Å². The molecule has 24 heavy (non-hydrogen) atoms. The van der Waals surface area contributed by atoms with Gasteiger partial charge in [-0.05, 0) is 31.4 Å². The Hall–Kier alpha value is -2.00. The number of pyridine rings is 1. The summed E-state index contributed by atoms with van der Waals surface area (Å²) in [4.78, 5) is 4.39. The molecule has 3 rings (SSSR count). The van der Waals surface area contributed by atoms with Gasteiger partial charge in [0.15, 0.2) is 0 Å². The number of rotatable bonds is 4. The Balaban J connectivity index is 2.02. The lowest BCUT2D eigenvalue weighted by Gasteiger charge is -2.16. The van der Waals surface area contributed by atoms with Crippen molar-refractivity contribution in [3.8, 4) is 6.07 Å². The number of nitriles is 1. The van der Waals surface area contributed by atoms with Gasteiger partial charge in [0.05, 0.1) is 11.1 Å². The fourth-order valence-electron chi connectivity index (χ4n) is 2.51. The van der Waals surface area contributed by atoms with Crippen molar-refractivity contribution in [2.24, 2.45) is 0 Å². The molecule has 1 fully saturated rings. The summed E-state index contributed by atoms with van der Waals surface area (Å²) in [5.41, 5.74) is 0.187. The van der Waals surface area contributed by atoms with Crippen LogP contribution in [0.4, 0.5) is 13.2 Å². The largest absolute Gasteiger partial charge is 0.417 e. The molecule has 1 aromatic heterocycles. The Morgan fingerprint density at radius 3 is 2.46 bits per heavy atom. The smallest absolute Gasteiger partial charge is 0.245 e. The van der Waals surface area contributed by atoms with Crippen LogP contribution in [0.25, 0.3) is 0 Å². The summed E-state index contributed by atoms with van der Waals surface area (Å²) in [5.74, 6) is 0.0882. The molecule has 0 N–H and O–H groups in total. The molecule has 2 aromatic rings. The van der Waals surface area contributed by atoms with E-state index < -0.39 is 11.7 Å². The highest BCUT2D eigenvalue weighted by Gasteiger charge is 2.38. The molecule has 0 spiro atoms. The standard InChI is InChI=1S/C18H15F3N2S/c1-11(12-5-3-2-4-6-12)24-17-14(10-22)15(18(19,20)21)9-16(23-17)13-7-8-13/h2-6,9,11,13H,7-8H2,1H3. The summed E-state index contributed by atoms with van der Waals surface area (Å²) in [5, 5.41) is 9.36. The molecule has 124 valence electrons. The Morgan fingerprint density at radius 2 is 1.92 bits per heavy atom. The first-order chi connectivity index (χ1) is 11.4. The minimum absolute atomic E-state index is 0.0882. The maximum absolute atomic E-state index is 13.4. The van der Waals surface area contributed by atoms with E-state index in [1.54, 1.807) is 6.07 Å². The number of aromatic nitrogens is 1. The van der Waals surface area contributed by atoms with Crippen molar-refractivity contribution in [1.82, 2.24) is 4.98 Å². The monoisotopic (exact) mass is 348 g/mol. The van der Waals surface area contributed by atoms with Gasteiger partial charge in [-0.2, -0.15) is 18.4 Å². The second-order valence-electron chi connectivity index (χ2n) is 5.83. The number of thioether (sulfide) groups is 1. The minimum atomic E-state index is -4.55. The van der Waals surface area contributed by atoms with Crippen molar-refractivity contribution in [3.05, 3.63) is 58.8 Å². The highest BCUT2D eigenvalue weighted by Crippen LogP contribution is 2.45. The normalized spacial score (nSPS) is 15.8. The number of halogens is 3. The summed E-state index contributed by atoms with van der Waals surface area (Å²) in [6, 6.07) is 12.2. The predicted molar refractivity (Wildman–Crippen MR) is 86.6 cm³/mol. The van der Waals surface area contributed by atoms with Gasteiger partial charge in [-0.1, -0.05) is 42.1 Å². The Bertz CT molecular complexity index is 777. The maximum Gasteiger partial charge on any atom is 0.417 e. The van der Waals surface area contributed by atoms with E-state index in [1.807, 2.05) is 37.3 Å². The molecule has 1 unspecified atom stereocenters. The molecule has 0 radical (unpaired) electrons. The molecule has 1 heterocycles. The molecule has 0 saturated heterocycles. The molecular weight excluding hydrogens is 333 g/mol. The van der Waals surface area contributed by atoms with E-state index >= 15 is 0 Å². The number of nitrogens with zero attached hydrogens (tertiary/aromatic N) is 2. The molecular formula is C18H15F3N2S. The van der Waals surface area contributed by atoms with Crippen LogP contribution in [0.1, 0.15) is 53.3 Å². The van der Waals surface area contributed by atoms with Crippen molar-refractivity contribution in [3.63, 3.8) is 0 Å². The Morgan fingerprint density at radius 1 is 1.25 bits per heavy atom. The van der Waals surface area contributed by atoms with E-state index in [0.29, 0.717) is 5.69 Å². The van der Waals surface area contributed by atoms with Crippen LogP contribution < -0.4 is 0 Å². The van der Waals surface area contributed by atoms with Gasteiger partial charge < -0.3 is 0 Å². The van der Waals surface area contributed by atoms with Crippen molar-refractivity contribution in [1.29, 1.82) is 5.26 Å². The summed E-state index contributed by atoms with van der Waals surface area (Å²) in [7, 11) is 0. The van der Waals surface area contributed by atoms with Crippen LogP contribution in [0.15, 0.2) is 41.4 Å². The average Bonchev–Trinajstić information content (AvgIpc) is 3.39. The SMILES string of the molecule is CC(Sc1nc(C2CC2)cc(C(F)(F)F)c1C#N)c1ccccc1. The third-order valence-corrected chi connectivity index (χ3v) is 5.12. The van der Waals surface area contributed by atoms with Crippen LogP contribution in [0.5, 0.6) is 0 Å². The number of alkyl halides is 3. The number of benzene rings is 1. The molecule has 2 nitrogen and oxygen atoms in total. The topological polar surface area (TPSA) is 36.7 Å². The lowest BCUT2D eigenvalue weighted by molar-refractivity contribution is -0.138. The predicted octanol–water partition coefficient (Wildman–Crippen LogP) is 5.70. The lowest BCUT2D eigenvalue weighted by Crippen LogP contribution is -2.11. The molecule has 0 bridgehead atoms. The van der Waals surface area contributed by atoms with Gasteiger partial charge >= 0.3 is 6.18 Å². The van der Waals surface area contributed by atoms with Crippen molar-refractivity contribution in [2.75, 3.05) is 0 Å². The zero-order valence-electron chi connectivity index (χ0n) is 13.0. The number of hydrogen-bond acceptors (Lipinski definition) is 3. The molecule has 1 aromatic carbocycles. The van der Waals surface area contributed by atoms with E-state index in [4.69, 9.17) is 0 Å². The Labute approximate surface area is 142 Å². The van der Waals surface area contributed by atoms with E-state index in [1.165, 1.54) is 11.8 Å². The van der Waals surface area contributed by atoms with Gasteiger partial charge in [0.2, 0.25) is 0 Å². The molecule has 1 aliphatic carbocycles. The fourth-order valence-corrected chi connectivity index (χ4v) is 3.57. The molecule has 1 saturated carbocycles. The molecule has 6 heteroatoms. The highest BCUT2D eigenvalue weighted by atomic mass is 32.2. The second-order valence-corrected chi connectivity index (χ2v) is 7.16. The van der Waals surface area contributed by atoms with Gasteiger partial charge in [0.25, 0.3) is 0 Å². The van der Waals surface area contributed by atoms with Gasteiger partial charge in [-0.15, -0.1) is 0 Å². The first kappa shape index (κ1) is 16.8. The van der Waals surface area contributed by atoms with Crippen LogP contribution in [-0.2, 0) is 6.18 Å². The average molecular weight is 348 g/mol. The van der Waals surface area contributed by atoms with Crippen molar-refractivity contribution < 1.29 is 13.2 Å². The summed E-state index contributed by atoms with van der Waals surface area (Å²) in [6.45, 7) is 1.90. The van der Waals surface area contributed by atoms with Crippen LogP contribution in [0.2, 0.25) is 0 Å². The van der Waals surface area contributed by atoms with Crippen LogP contribution in [-0.4, -0.2) is 4.98 Å². The lowest BCUT2D eigenvalue weighted by atomic mass is 10.1. The summed E-state index contributed by atoms with van der Waals surface area (Å²) in [6.07, 6.45) is -2.84. The third-order valence-electron chi connectivity index (χ3n) is 3.98. The van der Waals surface area contributed by atoms with Gasteiger partial charge in [0.1, 0.15) is 11.1 Å². The van der Waals surface area contributed by atoms with Gasteiger partial charge in [0, 0.05) is 16.9 Å². The first-order valence-electron chi connectivity index (χ1n) is 7.64. The minimum Gasteiger partial charge on any atom is -0.245 e. The molecule has 0 aliphatic heterocycles. The van der Waals surface area contributed by atoms with Gasteiger partial charge in [-0.3, -0.25) is 0 Å². The molecule has 0 amide bonds. The van der Waals surface area contributed by atoms with E-state index in [-0.39, 0.29) is 21.8 Å². The van der Waals surface area contributed by atoms with Crippen molar-refractivity contribution in [2.45, 2.75) is 42.1 Å². The quantitative estimate of drug-likeness (QED) is 0.665. The third kappa shape index (κ3) is 3.57. The first-order valence-corrected chi connectivity index (χ1v) is 8.52. The summed E-state index contributed by atoms with van der Waals surface area (Å²) >= 11 is 1.20. The Kier molecular flexibility index (Phi) is 4.55. The van der Waals surface area contributed by atoms with Crippen molar-refractivity contribution >= 4 is 11.8 Å². The van der Waals surface area contributed by atoms with Crippen LogP contribution >= 0.6 is 11.8 Å². The van der Waals surface area contributed by atoms with E-state index in [9.17, 15) is 18.4 Å². The zero-order chi connectivity index (χ0) is 17.3. The molecule has 1 aliphatic rings. The van der Waals surface area contributed by atoms with Gasteiger partial charge in [-0.25, -0.2) is 4.98 Å². The maximum atomic E-state index is 13.4. The number of hydrogen-bond donors (Lipinski definition) is 0.